The fourth-order valence-corrected chi connectivity index (χ4v) is 3.67. The van der Waals surface area contributed by atoms with E-state index in [-0.39, 0.29) is 11.8 Å². The molecule has 26 heavy (non-hydrogen) atoms. The van der Waals surface area contributed by atoms with Gasteiger partial charge in [0.2, 0.25) is 11.8 Å². The number of aliphatic imine (C=N–C) groups is 1. The predicted octanol–water partition coefficient (Wildman–Crippen LogP) is 1.25. The van der Waals surface area contributed by atoms with E-state index in [1.807, 2.05) is 11.8 Å². The number of likely N-dealkylation sites (tertiary alicyclic amines) is 1. The standard InChI is InChI=1S/C19H35N5O2/c1-2-20-19(22-10-6-14-24-13-5-9-18(24)26)23-12-11-21-17(25)15-16-7-3-4-8-16/h16H,2-15H2,1H3,(H,21,25)(H2,20,22,23). The Labute approximate surface area is 157 Å². The highest BCUT2D eigenvalue weighted by Crippen LogP contribution is 2.27. The lowest BCUT2D eigenvalue weighted by Gasteiger charge is -2.15. The molecule has 148 valence electrons. The van der Waals surface area contributed by atoms with Crippen molar-refractivity contribution in [2.75, 3.05) is 39.3 Å². The van der Waals surface area contributed by atoms with Crippen LogP contribution in [0.4, 0.5) is 0 Å². The van der Waals surface area contributed by atoms with E-state index in [0.717, 1.165) is 38.4 Å². The van der Waals surface area contributed by atoms with Gasteiger partial charge in [-0.1, -0.05) is 12.8 Å². The molecular formula is C19H35N5O2. The summed E-state index contributed by atoms with van der Waals surface area (Å²) >= 11 is 0. The second-order valence-corrected chi connectivity index (χ2v) is 7.23. The van der Waals surface area contributed by atoms with Crippen molar-refractivity contribution in [1.82, 2.24) is 20.9 Å². The molecule has 7 nitrogen and oxygen atoms in total. The summed E-state index contributed by atoms with van der Waals surface area (Å²) in [5.41, 5.74) is 0. The summed E-state index contributed by atoms with van der Waals surface area (Å²) in [6.07, 6.45) is 8.17. The van der Waals surface area contributed by atoms with E-state index in [1.165, 1.54) is 25.7 Å². The lowest BCUT2D eigenvalue weighted by Crippen LogP contribution is -2.41. The number of carbonyl (C=O) groups excluding carboxylic acids is 2. The van der Waals surface area contributed by atoms with Gasteiger partial charge in [0, 0.05) is 52.1 Å². The minimum Gasteiger partial charge on any atom is -0.357 e. The van der Waals surface area contributed by atoms with Gasteiger partial charge in [-0.15, -0.1) is 0 Å². The number of rotatable bonds is 10. The SMILES string of the molecule is CCNC(=NCCCN1CCCC1=O)NCCNC(=O)CC1CCCC1. The topological polar surface area (TPSA) is 85.8 Å². The Morgan fingerprint density at radius 2 is 1.92 bits per heavy atom. The first-order chi connectivity index (χ1) is 12.7. The molecule has 0 aromatic rings. The van der Waals surface area contributed by atoms with Crippen molar-refractivity contribution >= 4 is 17.8 Å². The Bertz CT molecular complexity index is 475. The van der Waals surface area contributed by atoms with Gasteiger partial charge < -0.3 is 20.9 Å². The Kier molecular flexibility index (Phi) is 9.28. The van der Waals surface area contributed by atoms with Gasteiger partial charge >= 0.3 is 0 Å². The molecule has 0 atom stereocenters. The van der Waals surface area contributed by atoms with Gasteiger partial charge in [0.05, 0.1) is 0 Å². The summed E-state index contributed by atoms with van der Waals surface area (Å²) in [5, 5.41) is 9.45. The summed E-state index contributed by atoms with van der Waals surface area (Å²) in [5.74, 6) is 1.79. The molecule has 0 bridgehead atoms. The zero-order valence-corrected chi connectivity index (χ0v) is 16.2. The molecule has 3 N–H and O–H groups in total. The molecular weight excluding hydrogens is 330 g/mol. The maximum absolute atomic E-state index is 11.9. The molecule has 1 aliphatic heterocycles. The highest BCUT2D eigenvalue weighted by atomic mass is 16.2. The lowest BCUT2D eigenvalue weighted by atomic mass is 10.0. The van der Waals surface area contributed by atoms with Crippen molar-refractivity contribution in [3.8, 4) is 0 Å². The van der Waals surface area contributed by atoms with Crippen molar-refractivity contribution in [2.45, 2.75) is 58.3 Å². The number of amides is 2. The van der Waals surface area contributed by atoms with Crippen LogP contribution in [0.25, 0.3) is 0 Å². The van der Waals surface area contributed by atoms with E-state index in [9.17, 15) is 9.59 Å². The van der Waals surface area contributed by atoms with E-state index in [0.29, 0.717) is 38.4 Å². The van der Waals surface area contributed by atoms with E-state index in [4.69, 9.17) is 0 Å². The summed E-state index contributed by atoms with van der Waals surface area (Å²) in [7, 11) is 0. The normalized spacial score (nSPS) is 18.4. The van der Waals surface area contributed by atoms with Crippen molar-refractivity contribution < 1.29 is 9.59 Å². The van der Waals surface area contributed by atoms with Crippen LogP contribution in [0.1, 0.15) is 58.3 Å². The van der Waals surface area contributed by atoms with Crippen molar-refractivity contribution in [2.24, 2.45) is 10.9 Å². The number of hydrogen-bond acceptors (Lipinski definition) is 3. The molecule has 7 heteroatoms. The fraction of sp³-hybridized carbons (Fsp3) is 0.842. The summed E-state index contributed by atoms with van der Waals surface area (Å²) in [6, 6.07) is 0. The first-order valence-corrected chi connectivity index (χ1v) is 10.3. The first kappa shape index (κ1) is 20.5. The Balaban J connectivity index is 1.57. The fourth-order valence-electron chi connectivity index (χ4n) is 3.67. The smallest absolute Gasteiger partial charge is 0.222 e. The maximum Gasteiger partial charge on any atom is 0.222 e. The summed E-state index contributed by atoms with van der Waals surface area (Å²) in [4.78, 5) is 30.0. The van der Waals surface area contributed by atoms with Crippen LogP contribution in [-0.4, -0.2) is 61.9 Å². The van der Waals surface area contributed by atoms with Gasteiger partial charge in [-0.3, -0.25) is 14.6 Å². The van der Waals surface area contributed by atoms with Gasteiger partial charge in [-0.25, -0.2) is 0 Å². The molecule has 2 rings (SSSR count). The van der Waals surface area contributed by atoms with E-state index < -0.39 is 0 Å². The average Bonchev–Trinajstić information content (AvgIpc) is 3.27. The molecule has 1 aliphatic carbocycles. The van der Waals surface area contributed by atoms with E-state index in [2.05, 4.69) is 20.9 Å². The quantitative estimate of drug-likeness (QED) is 0.309. The Morgan fingerprint density at radius 3 is 2.62 bits per heavy atom. The van der Waals surface area contributed by atoms with Gasteiger partial charge in [-0.05, 0) is 38.5 Å². The van der Waals surface area contributed by atoms with Gasteiger partial charge in [0.1, 0.15) is 0 Å². The van der Waals surface area contributed by atoms with Gasteiger partial charge in [-0.2, -0.15) is 0 Å². The van der Waals surface area contributed by atoms with Gasteiger partial charge in [0.25, 0.3) is 0 Å². The van der Waals surface area contributed by atoms with Crippen LogP contribution in [0, 0.1) is 5.92 Å². The monoisotopic (exact) mass is 365 g/mol. The number of nitrogens with zero attached hydrogens (tertiary/aromatic N) is 2. The van der Waals surface area contributed by atoms with Crippen LogP contribution in [0.5, 0.6) is 0 Å². The van der Waals surface area contributed by atoms with Crippen LogP contribution < -0.4 is 16.0 Å². The molecule has 1 saturated heterocycles. The summed E-state index contributed by atoms with van der Waals surface area (Å²) < 4.78 is 0. The molecule has 1 saturated carbocycles. The highest BCUT2D eigenvalue weighted by molar-refractivity contribution is 5.80. The third kappa shape index (κ3) is 7.62. The van der Waals surface area contributed by atoms with E-state index in [1.54, 1.807) is 0 Å². The van der Waals surface area contributed by atoms with Crippen LogP contribution >= 0.6 is 0 Å². The molecule has 0 radical (unpaired) electrons. The number of guanidine groups is 1. The zero-order chi connectivity index (χ0) is 18.6. The van der Waals surface area contributed by atoms with Crippen LogP contribution in [0.2, 0.25) is 0 Å². The minimum atomic E-state index is 0.163. The van der Waals surface area contributed by atoms with Crippen LogP contribution in [-0.2, 0) is 9.59 Å². The molecule has 2 aliphatic rings. The van der Waals surface area contributed by atoms with Crippen LogP contribution in [0.3, 0.4) is 0 Å². The highest BCUT2D eigenvalue weighted by Gasteiger charge is 2.19. The molecule has 0 aromatic carbocycles. The van der Waals surface area contributed by atoms with Crippen molar-refractivity contribution in [3.05, 3.63) is 0 Å². The molecule has 0 unspecified atom stereocenters. The maximum atomic E-state index is 11.9. The minimum absolute atomic E-state index is 0.163. The van der Waals surface area contributed by atoms with Crippen molar-refractivity contribution in [3.63, 3.8) is 0 Å². The van der Waals surface area contributed by atoms with Gasteiger partial charge in [0.15, 0.2) is 5.96 Å². The zero-order valence-electron chi connectivity index (χ0n) is 16.2. The number of hydrogen-bond donors (Lipinski definition) is 3. The second-order valence-electron chi connectivity index (χ2n) is 7.23. The molecule has 0 spiro atoms. The van der Waals surface area contributed by atoms with E-state index >= 15 is 0 Å². The lowest BCUT2D eigenvalue weighted by molar-refractivity contribution is -0.127. The average molecular weight is 366 g/mol. The second kappa shape index (κ2) is 11.8. The molecule has 1 heterocycles. The molecule has 0 aromatic heterocycles. The third-order valence-electron chi connectivity index (χ3n) is 5.06. The Morgan fingerprint density at radius 1 is 1.15 bits per heavy atom. The molecule has 2 amide bonds. The summed E-state index contributed by atoms with van der Waals surface area (Å²) in [6.45, 7) is 6.46. The Hall–Kier alpha value is -1.79. The predicted molar refractivity (Wildman–Crippen MR) is 104 cm³/mol. The van der Waals surface area contributed by atoms with Crippen molar-refractivity contribution in [1.29, 1.82) is 0 Å². The first-order valence-electron chi connectivity index (χ1n) is 10.3. The van der Waals surface area contributed by atoms with Crippen LogP contribution in [0.15, 0.2) is 4.99 Å². The molecule has 2 fully saturated rings. The largest absolute Gasteiger partial charge is 0.357 e. The third-order valence-corrected chi connectivity index (χ3v) is 5.06. The number of nitrogens with one attached hydrogen (secondary N) is 3. The number of carbonyl (C=O) groups is 2.